The number of hydrogen-bond acceptors (Lipinski definition) is 3. The van der Waals surface area contributed by atoms with Crippen molar-refractivity contribution in [1.82, 2.24) is 0 Å². The zero-order chi connectivity index (χ0) is 17.4. The molecule has 2 rings (SSSR count). The van der Waals surface area contributed by atoms with Crippen molar-refractivity contribution in [3.05, 3.63) is 12.2 Å². The van der Waals surface area contributed by atoms with Gasteiger partial charge in [-0.15, -0.1) is 0 Å². The molecular formula is C19H31NO3. The smallest absolute Gasteiger partial charge is 0.245 e. The molecule has 1 unspecified atom stereocenters. The average Bonchev–Trinajstić information content (AvgIpc) is 2.89. The molecule has 1 fully saturated rings. The molecule has 23 heavy (non-hydrogen) atoms. The molecule has 0 aromatic heterocycles. The minimum absolute atomic E-state index is 0.0469. The van der Waals surface area contributed by atoms with Crippen molar-refractivity contribution in [3.8, 4) is 0 Å². The Balaban J connectivity index is 0.000000253. The normalized spacial score (nSPS) is 27.8. The van der Waals surface area contributed by atoms with Crippen LogP contribution in [0.2, 0.25) is 0 Å². The molecule has 0 N–H and O–H groups in total. The fourth-order valence-electron chi connectivity index (χ4n) is 2.50. The Morgan fingerprint density at radius 2 is 2.00 bits per heavy atom. The molecule has 2 aliphatic rings. The molecule has 0 aromatic carbocycles. The molecule has 2 aliphatic heterocycles. The third-order valence-corrected chi connectivity index (χ3v) is 4.38. The van der Waals surface area contributed by atoms with Gasteiger partial charge in [-0.3, -0.25) is 9.59 Å². The van der Waals surface area contributed by atoms with Crippen molar-refractivity contribution in [3.63, 3.8) is 0 Å². The molecule has 4 nitrogen and oxygen atoms in total. The second kappa shape index (κ2) is 9.76. The van der Waals surface area contributed by atoms with Gasteiger partial charge in [0.25, 0.3) is 0 Å². The van der Waals surface area contributed by atoms with E-state index in [1.165, 1.54) is 0 Å². The number of nitrogens with zero attached hydrogens (tertiary/aromatic N) is 1. The van der Waals surface area contributed by atoms with E-state index in [1.807, 2.05) is 26.8 Å². The Morgan fingerprint density at radius 3 is 2.48 bits per heavy atom. The number of carbonyl (C=O) groups is 2. The summed E-state index contributed by atoms with van der Waals surface area (Å²) in [5.74, 6) is 0.874. The highest BCUT2D eigenvalue weighted by atomic mass is 16.5. The first-order valence-corrected chi connectivity index (χ1v) is 8.73. The van der Waals surface area contributed by atoms with E-state index in [4.69, 9.17) is 4.74 Å². The van der Waals surface area contributed by atoms with Crippen molar-refractivity contribution in [2.45, 2.75) is 78.9 Å². The van der Waals surface area contributed by atoms with Gasteiger partial charge in [-0.25, -0.2) is 4.99 Å². The topological polar surface area (TPSA) is 55.7 Å². The van der Waals surface area contributed by atoms with Crippen molar-refractivity contribution in [2.24, 2.45) is 16.8 Å². The van der Waals surface area contributed by atoms with Gasteiger partial charge in [0.05, 0.1) is 12.2 Å². The fourth-order valence-corrected chi connectivity index (χ4v) is 2.50. The average molecular weight is 321 g/mol. The lowest BCUT2D eigenvalue weighted by Gasteiger charge is -2.13. The van der Waals surface area contributed by atoms with Crippen LogP contribution in [0.1, 0.15) is 66.7 Å². The Morgan fingerprint density at radius 1 is 1.30 bits per heavy atom. The van der Waals surface area contributed by atoms with E-state index in [-0.39, 0.29) is 17.6 Å². The fraction of sp³-hybridized carbons (Fsp3) is 0.737. The maximum Gasteiger partial charge on any atom is 0.245 e. The Labute approximate surface area is 140 Å². The summed E-state index contributed by atoms with van der Waals surface area (Å²) in [4.78, 5) is 25.7. The summed E-state index contributed by atoms with van der Waals surface area (Å²) in [5, 5.41) is 0. The highest BCUT2D eigenvalue weighted by Crippen LogP contribution is 2.21. The molecule has 1 saturated heterocycles. The van der Waals surface area contributed by atoms with Crippen LogP contribution in [0.3, 0.4) is 0 Å². The van der Waals surface area contributed by atoms with Crippen molar-refractivity contribution in [2.75, 3.05) is 0 Å². The Kier molecular flexibility index (Phi) is 8.38. The Bertz CT molecular complexity index is 465. The van der Waals surface area contributed by atoms with Crippen LogP contribution in [-0.4, -0.2) is 29.6 Å². The number of amides is 1. The molecule has 2 heterocycles. The van der Waals surface area contributed by atoms with Gasteiger partial charge < -0.3 is 4.74 Å². The minimum atomic E-state index is 0.0469. The molecule has 130 valence electrons. The van der Waals surface area contributed by atoms with Gasteiger partial charge in [-0.05, 0) is 51.5 Å². The number of hydrogen-bond donors (Lipinski definition) is 0. The quantitative estimate of drug-likeness (QED) is 0.732. The third-order valence-electron chi connectivity index (χ3n) is 4.38. The van der Waals surface area contributed by atoms with E-state index in [0.29, 0.717) is 24.5 Å². The lowest BCUT2D eigenvalue weighted by atomic mass is 9.98. The standard InChI is InChI=1S/C12H20O2.C7H11NO/c1-9(2)12(13)6-4-5-11-8-7-10(3)14-11;1-5-3-4-7(9)8-6(5)2/h4,6,9-11H,5,7-8H2,1-3H3;5H,3-4H2,1-2H3/b6-4-;/t10-,11+;/m0./s1. The monoisotopic (exact) mass is 321 g/mol. The van der Waals surface area contributed by atoms with E-state index in [0.717, 1.165) is 31.4 Å². The summed E-state index contributed by atoms with van der Waals surface area (Å²) in [6, 6.07) is 0. The predicted octanol–water partition coefficient (Wildman–Crippen LogP) is 4.13. The molecule has 0 aliphatic carbocycles. The van der Waals surface area contributed by atoms with E-state index in [9.17, 15) is 9.59 Å². The highest BCUT2D eigenvalue weighted by molar-refractivity contribution is 5.97. The number of allylic oxidation sites excluding steroid dienone is 1. The van der Waals surface area contributed by atoms with Gasteiger partial charge in [0.1, 0.15) is 0 Å². The summed E-state index contributed by atoms with van der Waals surface area (Å²) >= 11 is 0. The molecule has 0 aromatic rings. The number of rotatable bonds is 4. The molecule has 3 atom stereocenters. The van der Waals surface area contributed by atoms with Gasteiger partial charge in [0, 0.05) is 18.1 Å². The Hall–Kier alpha value is -1.29. The van der Waals surface area contributed by atoms with Crippen LogP contribution in [0.25, 0.3) is 0 Å². The third kappa shape index (κ3) is 7.69. The maximum absolute atomic E-state index is 11.3. The SMILES string of the molecule is CC(C)C(=O)/C=C\C[C@@H]1CC[C@H](C)O1.CC1=NC(=O)CCC1C. The van der Waals surface area contributed by atoms with Crippen LogP contribution in [0.5, 0.6) is 0 Å². The van der Waals surface area contributed by atoms with Gasteiger partial charge in [0.2, 0.25) is 5.91 Å². The maximum atomic E-state index is 11.3. The molecule has 0 bridgehead atoms. The number of carbonyl (C=O) groups excluding carboxylic acids is 2. The van der Waals surface area contributed by atoms with Gasteiger partial charge in [0.15, 0.2) is 5.78 Å². The summed E-state index contributed by atoms with van der Waals surface area (Å²) in [6.07, 6.45) is 9.14. The largest absolute Gasteiger partial charge is 0.375 e. The van der Waals surface area contributed by atoms with Gasteiger partial charge in [-0.1, -0.05) is 26.8 Å². The summed E-state index contributed by atoms with van der Waals surface area (Å²) in [7, 11) is 0. The van der Waals surface area contributed by atoms with Crippen LogP contribution in [0.4, 0.5) is 0 Å². The first-order chi connectivity index (χ1) is 10.8. The summed E-state index contributed by atoms with van der Waals surface area (Å²) < 4.78 is 5.64. The van der Waals surface area contributed by atoms with E-state index in [1.54, 1.807) is 6.08 Å². The predicted molar refractivity (Wildman–Crippen MR) is 93.7 cm³/mol. The summed E-state index contributed by atoms with van der Waals surface area (Å²) in [6.45, 7) is 9.96. The summed E-state index contributed by atoms with van der Waals surface area (Å²) in [5.41, 5.74) is 0.992. The second-order valence-corrected chi connectivity index (χ2v) is 6.93. The van der Waals surface area contributed by atoms with Crippen LogP contribution in [0.15, 0.2) is 17.1 Å². The van der Waals surface area contributed by atoms with Crippen LogP contribution >= 0.6 is 0 Å². The molecular weight excluding hydrogens is 290 g/mol. The minimum Gasteiger partial charge on any atom is -0.375 e. The number of ketones is 1. The number of ether oxygens (including phenoxy) is 1. The lowest BCUT2D eigenvalue weighted by Crippen LogP contribution is -2.16. The van der Waals surface area contributed by atoms with Crippen molar-refractivity contribution < 1.29 is 14.3 Å². The molecule has 0 spiro atoms. The van der Waals surface area contributed by atoms with Gasteiger partial charge in [-0.2, -0.15) is 0 Å². The van der Waals surface area contributed by atoms with Crippen molar-refractivity contribution >= 4 is 17.4 Å². The van der Waals surface area contributed by atoms with Crippen molar-refractivity contribution in [1.29, 1.82) is 0 Å². The van der Waals surface area contributed by atoms with Crippen LogP contribution in [-0.2, 0) is 14.3 Å². The van der Waals surface area contributed by atoms with E-state index in [2.05, 4.69) is 18.8 Å². The molecule has 0 radical (unpaired) electrons. The zero-order valence-corrected chi connectivity index (χ0v) is 15.2. The zero-order valence-electron chi connectivity index (χ0n) is 15.2. The first-order valence-electron chi connectivity index (χ1n) is 8.73. The van der Waals surface area contributed by atoms with Crippen LogP contribution in [0, 0.1) is 11.8 Å². The molecule has 1 amide bonds. The molecule has 4 heteroatoms. The van der Waals surface area contributed by atoms with E-state index < -0.39 is 0 Å². The number of aliphatic imine (C=N–C) groups is 1. The lowest BCUT2D eigenvalue weighted by molar-refractivity contribution is -0.118. The second-order valence-electron chi connectivity index (χ2n) is 6.93. The van der Waals surface area contributed by atoms with Gasteiger partial charge >= 0.3 is 0 Å². The first kappa shape index (κ1) is 19.8. The highest BCUT2D eigenvalue weighted by Gasteiger charge is 2.20. The molecule has 0 saturated carbocycles. The van der Waals surface area contributed by atoms with E-state index >= 15 is 0 Å². The van der Waals surface area contributed by atoms with Crippen LogP contribution < -0.4 is 0 Å².